The number of hydrogen-bond acceptors (Lipinski definition) is 5. The van der Waals surface area contributed by atoms with E-state index < -0.39 is 11.8 Å². The zero-order valence-corrected chi connectivity index (χ0v) is 18.8. The van der Waals surface area contributed by atoms with Gasteiger partial charge in [0.2, 0.25) is 0 Å². The third-order valence-electron chi connectivity index (χ3n) is 5.59. The number of amides is 2. The van der Waals surface area contributed by atoms with Gasteiger partial charge in [-0.15, -0.1) is 11.3 Å². The minimum Gasteiger partial charge on any atom is -0.457 e. The van der Waals surface area contributed by atoms with Gasteiger partial charge in [-0.25, -0.2) is 0 Å². The predicted molar refractivity (Wildman–Crippen MR) is 130 cm³/mol. The number of nitrogens with one attached hydrogen (secondary N) is 1. The Bertz CT molecular complexity index is 1230. The fourth-order valence-corrected chi connectivity index (χ4v) is 5.35. The molecule has 160 valence electrons. The molecule has 1 aromatic heterocycles. The van der Waals surface area contributed by atoms with Gasteiger partial charge in [0.25, 0.3) is 11.8 Å². The molecule has 32 heavy (non-hydrogen) atoms. The number of fused-ring (bicyclic) bond motifs is 1. The van der Waals surface area contributed by atoms with Gasteiger partial charge in [-0.3, -0.25) is 19.8 Å². The smallest absolute Gasteiger partial charge is 0.270 e. The third-order valence-corrected chi connectivity index (χ3v) is 6.89. The Morgan fingerprint density at radius 3 is 2.47 bits per heavy atom. The highest BCUT2D eigenvalue weighted by Crippen LogP contribution is 2.33. The highest BCUT2D eigenvalue weighted by Gasteiger charge is 2.35. The minimum absolute atomic E-state index is 0.0714. The Kier molecular flexibility index (Phi) is 5.59. The van der Waals surface area contributed by atoms with E-state index >= 15 is 0 Å². The van der Waals surface area contributed by atoms with Crippen molar-refractivity contribution < 1.29 is 14.3 Å². The predicted octanol–water partition coefficient (Wildman–Crippen LogP) is 5.25. The second-order valence-electron chi connectivity index (χ2n) is 7.68. The molecule has 1 aliphatic carbocycles. The minimum atomic E-state index is -0.460. The molecule has 0 atom stereocenters. The van der Waals surface area contributed by atoms with Crippen LogP contribution in [0.15, 0.2) is 65.6 Å². The van der Waals surface area contributed by atoms with Crippen molar-refractivity contribution in [3.63, 3.8) is 0 Å². The largest absolute Gasteiger partial charge is 0.457 e. The van der Waals surface area contributed by atoms with Gasteiger partial charge in [0, 0.05) is 4.88 Å². The molecule has 2 amide bonds. The number of carbonyl (C=O) groups excluding carboxylic acids is 2. The number of rotatable bonds is 4. The number of thiophene rings is 1. The van der Waals surface area contributed by atoms with Gasteiger partial charge in [-0.1, -0.05) is 18.2 Å². The quantitative estimate of drug-likeness (QED) is 0.328. The van der Waals surface area contributed by atoms with E-state index in [0.29, 0.717) is 11.4 Å². The second kappa shape index (κ2) is 8.68. The molecule has 3 aromatic rings. The first kappa shape index (κ1) is 20.6. The lowest BCUT2D eigenvalue weighted by Gasteiger charge is -2.29. The summed E-state index contributed by atoms with van der Waals surface area (Å²) in [7, 11) is 0. The number of anilines is 1. The van der Waals surface area contributed by atoms with Crippen molar-refractivity contribution in [2.75, 3.05) is 4.90 Å². The fraction of sp³-hybridized carbons (Fsp3) is 0.160. The molecule has 1 aliphatic heterocycles. The van der Waals surface area contributed by atoms with Crippen LogP contribution in [-0.4, -0.2) is 16.9 Å². The van der Waals surface area contributed by atoms with E-state index in [0.717, 1.165) is 29.9 Å². The zero-order valence-electron chi connectivity index (χ0n) is 17.2. The molecule has 5 nitrogen and oxygen atoms in total. The molecule has 0 spiro atoms. The van der Waals surface area contributed by atoms with Crippen molar-refractivity contribution in [3.05, 3.63) is 81.6 Å². The molecule has 1 fully saturated rings. The lowest BCUT2D eigenvalue weighted by Crippen LogP contribution is -2.54. The van der Waals surface area contributed by atoms with Crippen molar-refractivity contribution in [1.82, 2.24) is 5.32 Å². The summed E-state index contributed by atoms with van der Waals surface area (Å²) >= 11 is 6.90. The average Bonchev–Trinajstić information content (AvgIpc) is 3.21. The van der Waals surface area contributed by atoms with E-state index in [2.05, 4.69) is 10.7 Å². The molecule has 2 aliphatic rings. The van der Waals surface area contributed by atoms with Crippen LogP contribution in [0.4, 0.5) is 5.69 Å². The number of benzene rings is 2. The lowest BCUT2D eigenvalue weighted by molar-refractivity contribution is -0.122. The summed E-state index contributed by atoms with van der Waals surface area (Å²) in [5.41, 5.74) is 3.26. The molecule has 7 heteroatoms. The van der Waals surface area contributed by atoms with Crippen molar-refractivity contribution >= 4 is 52.2 Å². The van der Waals surface area contributed by atoms with Gasteiger partial charge in [0.15, 0.2) is 5.11 Å². The fourth-order valence-electron chi connectivity index (χ4n) is 3.98. The second-order valence-corrected chi connectivity index (χ2v) is 8.98. The van der Waals surface area contributed by atoms with Gasteiger partial charge in [0.05, 0.1) is 5.69 Å². The van der Waals surface area contributed by atoms with Gasteiger partial charge >= 0.3 is 0 Å². The van der Waals surface area contributed by atoms with E-state index in [1.807, 2.05) is 30.3 Å². The SMILES string of the molecule is O=C1NC(=S)N(c2ccc(Oc3ccccc3)cc2)C(=O)C1=Cc1scc2c1CCCC2. The van der Waals surface area contributed by atoms with Crippen LogP contribution < -0.4 is 15.0 Å². The first-order valence-electron chi connectivity index (χ1n) is 10.4. The number of aryl methyl sites for hydroxylation is 1. The van der Waals surface area contributed by atoms with E-state index in [1.54, 1.807) is 41.7 Å². The molecular formula is C25H20N2O3S2. The van der Waals surface area contributed by atoms with E-state index in [9.17, 15) is 9.59 Å². The van der Waals surface area contributed by atoms with Crippen molar-refractivity contribution in [2.45, 2.75) is 25.7 Å². The molecule has 1 saturated heterocycles. The monoisotopic (exact) mass is 460 g/mol. The molecule has 0 unspecified atom stereocenters. The maximum Gasteiger partial charge on any atom is 0.270 e. The van der Waals surface area contributed by atoms with E-state index in [1.165, 1.54) is 22.4 Å². The topological polar surface area (TPSA) is 58.6 Å². The maximum absolute atomic E-state index is 13.3. The molecular weight excluding hydrogens is 440 g/mol. The molecule has 0 bridgehead atoms. The summed E-state index contributed by atoms with van der Waals surface area (Å²) in [6.45, 7) is 0. The van der Waals surface area contributed by atoms with Gasteiger partial charge < -0.3 is 4.74 Å². The third kappa shape index (κ3) is 3.97. The Morgan fingerprint density at radius 1 is 0.969 bits per heavy atom. The first-order valence-corrected chi connectivity index (χ1v) is 11.7. The highest BCUT2D eigenvalue weighted by atomic mass is 32.1. The lowest BCUT2D eigenvalue weighted by atomic mass is 9.93. The van der Waals surface area contributed by atoms with Crippen LogP contribution in [0.5, 0.6) is 11.5 Å². The van der Waals surface area contributed by atoms with Crippen LogP contribution in [0, 0.1) is 0 Å². The Labute approximate surface area is 195 Å². The summed E-state index contributed by atoms with van der Waals surface area (Å²) < 4.78 is 5.82. The normalized spacial score (nSPS) is 17.3. The van der Waals surface area contributed by atoms with Crippen molar-refractivity contribution in [1.29, 1.82) is 0 Å². The van der Waals surface area contributed by atoms with Crippen LogP contribution in [0.25, 0.3) is 6.08 Å². The van der Waals surface area contributed by atoms with Gasteiger partial charge in [-0.2, -0.15) is 0 Å². The zero-order chi connectivity index (χ0) is 22.1. The van der Waals surface area contributed by atoms with Crippen molar-refractivity contribution in [2.24, 2.45) is 0 Å². The number of thiocarbonyl (C=S) groups is 1. The van der Waals surface area contributed by atoms with Gasteiger partial charge in [-0.05, 0) is 96.9 Å². The Balaban J connectivity index is 1.42. The Hall–Kier alpha value is -3.29. The number of para-hydroxylation sites is 1. The first-order chi connectivity index (χ1) is 15.6. The van der Waals surface area contributed by atoms with Crippen molar-refractivity contribution in [3.8, 4) is 11.5 Å². The molecule has 1 N–H and O–H groups in total. The van der Waals surface area contributed by atoms with Crippen LogP contribution in [-0.2, 0) is 22.4 Å². The van der Waals surface area contributed by atoms with Crippen LogP contribution in [0.2, 0.25) is 0 Å². The van der Waals surface area contributed by atoms with Gasteiger partial charge in [0.1, 0.15) is 17.1 Å². The number of carbonyl (C=O) groups is 2. The highest BCUT2D eigenvalue weighted by molar-refractivity contribution is 7.80. The molecule has 5 rings (SSSR count). The maximum atomic E-state index is 13.3. The number of nitrogens with zero attached hydrogens (tertiary/aromatic N) is 1. The molecule has 0 saturated carbocycles. The molecule has 2 heterocycles. The molecule has 0 radical (unpaired) electrons. The molecule has 2 aromatic carbocycles. The summed E-state index contributed by atoms with van der Waals surface area (Å²) in [4.78, 5) is 28.3. The Morgan fingerprint density at radius 2 is 1.69 bits per heavy atom. The summed E-state index contributed by atoms with van der Waals surface area (Å²) in [6.07, 6.45) is 6.08. The van der Waals surface area contributed by atoms with Crippen LogP contribution in [0.3, 0.4) is 0 Å². The standard InChI is InChI=1S/C25H20N2O3S2/c28-23-21(14-22-20-9-5-4-6-16(20)15-32-22)24(29)27(25(31)26-23)17-10-12-19(13-11-17)30-18-7-2-1-3-8-18/h1-3,7-8,10-15H,4-6,9H2,(H,26,28,31). The number of hydrogen-bond donors (Lipinski definition) is 1. The summed E-state index contributed by atoms with van der Waals surface area (Å²) in [5, 5.41) is 4.87. The summed E-state index contributed by atoms with van der Waals surface area (Å²) in [6, 6.07) is 16.5. The average molecular weight is 461 g/mol. The van der Waals surface area contributed by atoms with Crippen LogP contribution >= 0.6 is 23.6 Å². The van der Waals surface area contributed by atoms with E-state index in [4.69, 9.17) is 17.0 Å². The summed E-state index contributed by atoms with van der Waals surface area (Å²) in [5.74, 6) is 0.480. The number of ether oxygens (including phenoxy) is 1. The van der Waals surface area contributed by atoms with Crippen LogP contribution in [0.1, 0.15) is 28.8 Å². The van der Waals surface area contributed by atoms with E-state index in [-0.39, 0.29) is 10.7 Å².